The quantitative estimate of drug-likeness (QED) is 0.503. The number of rotatable bonds is 1. The maximum atomic E-state index is 10.4. The Morgan fingerprint density at radius 3 is 3.00 bits per heavy atom. The number of aliphatic hydroxyl groups excluding tert-OH is 1. The van der Waals surface area contributed by atoms with Crippen LogP contribution in [0.1, 0.15) is 12.8 Å². The van der Waals surface area contributed by atoms with Crippen molar-refractivity contribution in [3.63, 3.8) is 0 Å². The van der Waals surface area contributed by atoms with Crippen LogP contribution in [0.4, 0.5) is 0 Å². The molecule has 1 N–H and O–H groups in total. The first-order valence-corrected chi connectivity index (χ1v) is 2.98. The summed E-state index contributed by atoms with van der Waals surface area (Å²) in [7, 11) is 0. The van der Waals surface area contributed by atoms with Crippen molar-refractivity contribution in [2.75, 3.05) is 0 Å². The van der Waals surface area contributed by atoms with Crippen LogP contribution in [0, 0.1) is 11.3 Å². The Labute approximate surface area is 58.0 Å². The lowest BCUT2D eigenvalue weighted by atomic mass is 10.1. The molecule has 0 aromatic carbocycles. The highest BCUT2D eigenvalue weighted by Gasteiger charge is 2.32. The number of hydrogen-bond donors (Lipinski definition) is 1. The van der Waals surface area contributed by atoms with Crippen molar-refractivity contribution in [2.24, 2.45) is 0 Å². The summed E-state index contributed by atoms with van der Waals surface area (Å²) in [5.41, 5.74) is 0. The van der Waals surface area contributed by atoms with Crippen LogP contribution < -0.4 is 0 Å². The van der Waals surface area contributed by atoms with Gasteiger partial charge in [-0.1, -0.05) is 0 Å². The molecule has 0 spiro atoms. The van der Waals surface area contributed by atoms with E-state index < -0.39 is 18.2 Å². The molecule has 1 rings (SSSR count). The maximum Gasteiger partial charge on any atom is 0.308 e. The van der Waals surface area contributed by atoms with Gasteiger partial charge in [0, 0.05) is 0 Å². The molecular formula is C6H7NO3. The van der Waals surface area contributed by atoms with Crippen molar-refractivity contribution in [3.05, 3.63) is 0 Å². The number of nitriles is 1. The van der Waals surface area contributed by atoms with E-state index in [9.17, 15) is 4.79 Å². The minimum absolute atomic E-state index is 0.0202. The lowest BCUT2D eigenvalue weighted by Crippen LogP contribution is -2.19. The molecule has 1 heterocycles. The number of carbonyl (C=O) groups is 1. The molecule has 10 heavy (non-hydrogen) atoms. The summed E-state index contributed by atoms with van der Waals surface area (Å²) in [4.78, 5) is 10.4. The molecule has 0 saturated carbocycles. The van der Waals surface area contributed by atoms with Gasteiger partial charge in [0.15, 0.2) is 0 Å². The summed E-state index contributed by atoms with van der Waals surface area (Å²) >= 11 is 0. The van der Waals surface area contributed by atoms with E-state index in [1.54, 1.807) is 0 Å². The number of ether oxygens (including phenoxy) is 1. The normalized spacial score (nSPS) is 31.4. The average Bonchev–Trinajstić information content (AvgIpc) is 2.13. The van der Waals surface area contributed by atoms with Crippen molar-refractivity contribution in [1.29, 1.82) is 5.26 Å². The second-order valence-corrected chi connectivity index (χ2v) is 2.16. The zero-order valence-corrected chi connectivity index (χ0v) is 5.28. The molecule has 1 aliphatic rings. The molecule has 2 atom stereocenters. The van der Waals surface area contributed by atoms with Crippen LogP contribution >= 0.6 is 0 Å². The Morgan fingerprint density at radius 2 is 2.60 bits per heavy atom. The van der Waals surface area contributed by atoms with E-state index >= 15 is 0 Å². The van der Waals surface area contributed by atoms with Crippen molar-refractivity contribution in [2.45, 2.75) is 25.0 Å². The number of nitrogens with zero attached hydrogens (tertiary/aromatic N) is 1. The Hall–Kier alpha value is -1.08. The van der Waals surface area contributed by atoms with Gasteiger partial charge in [0.25, 0.3) is 0 Å². The second-order valence-electron chi connectivity index (χ2n) is 2.16. The van der Waals surface area contributed by atoms with Gasteiger partial charge < -0.3 is 9.84 Å². The van der Waals surface area contributed by atoms with Crippen molar-refractivity contribution >= 4 is 5.97 Å². The Morgan fingerprint density at radius 1 is 1.90 bits per heavy atom. The third-order valence-electron chi connectivity index (χ3n) is 1.38. The summed E-state index contributed by atoms with van der Waals surface area (Å²) in [5, 5.41) is 17.2. The highest BCUT2D eigenvalue weighted by Crippen LogP contribution is 2.16. The van der Waals surface area contributed by atoms with Crippen LogP contribution in [-0.2, 0) is 9.53 Å². The Bertz CT molecular complexity index is 184. The van der Waals surface area contributed by atoms with Crippen LogP contribution in [0.2, 0.25) is 0 Å². The number of hydrogen-bond acceptors (Lipinski definition) is 4. The zero-order chi connectivity index (χ0) is 7.56. The standard InChI is InChI=1S/C6H7NO3/c7-2-1-5-4(8)3-6(9)10-5/h4-5,8H,1,3H2/t4-,5-/m0/s1. The van der Waals surface area contributed by atoms with E-state index in [-0.39, 0.29) is 12.8 Å². The highest BCUT2D eigenvalue weighted by atomic mass is 16.6. The summed E-state index contributed by atoms with van der Waals surface area (Å²) in [6.45, 7) is 0. The maximum absolute atomic E-state index is 10.4. The number of aliphatic hydroxyl groups is 1. The molecule has 4 heteroatoms. The predicted molar refractivity (Wildman–Crippen MR) is 30.7 cm³/mol. The lowest BCUT2D eigenvalue weighted by molar-refractivity contribution is -0.141. The second kappa shape index (κ2) is 2.67. The number of cyclic esters (lactones) is 1. The fourth-order valence-corrected chi connectivity index (χ4v) is 0.865. The molecule has 0 bridgehead atoms. The SMILES string of the molecule is N#CC[C@@H]1OC(=O)C[C@@H]1O. The van der Waals surface area contributed by atoms with Crippen LogP contribution in [0.25, 0.3) is 0 Å². The molecule has 4 nitrogen and oxygen atoms in total. The molecule has 0 aromatic heterocycles. The third-order valence-corrected chi connectivity index (χ3v) is 1.38. The summed E-state index contributed by atoms with van der Waals surface area (Å²) in [5.74, 6) is -0.423. The Kier molecular flexibility index (Phi) is 1.88. The summed E-state index contributed by atoms with van der Waals surface area (Å²) in [6, 6.07) is 1.82. The predicted octanol–water partition coefficient (Wildman–Crippen LogP) is -0.424. The molecular weight excluding hydrogens is 134 g/mol. The van der Waals surface area contributed by atoms with E-state index in [0.717, 1.165) is 0 Å². The molecule has 1 aliphatic heterocycles. The summed E-state index contributed by atoms with van der Waals surface area (Å²) < 4.78 is 4.60. The smallest absolute Gasteiger partial charge is 0.308 e. The lowest BCUT2D eigenvalue weighted by Gasteiger charge is -2.06. The van der Waals surface area contributed by atoms with Crippen molar-refractivity contribution in [3.8, 4) is 6.07 Å². The van der Waals surface area contributed by atoms with Crippen molar-refractivity contribution < 1.29 is 14.6 Å². The van der Waals surface area contributed by atoms with Gasteiger partial charge >= 0.3 is 5.97 Å². The largest absolute Gasteiger partial charge is 0.458 e. The van der Waals surface area contributed by atoms with E-state index in [1.807, 2.05) is 6.07 Å². The van der Waals surface area contributed by atoms with Gasteiger partial charge in [0.05, 0.1) is 18.9 Å². The molecule has 0 unspecified atom stereocenters. The monoisotopic (exact) mass is 141 g/mol. The molecule has 0 aromatic rings. The fraction of sp³-hybridized carbons (Fsp3) is 0.667. The van der Waals surface area contributed by atoms with Crippen LogP contribution in [-0.4, -0.2) is 23.3 Å². The first kappa shape index (κ1) is 7.03. The van der Waals surface area contributed by atoms with Gasteiger partial charge in [-0.2, -0.15) is 5.26 Å². The third kappa shape index (κ3) is 1.25. The van der Waals surface area contributed by atoms with E-state index in [0.29, 0.717) is 0 Å². The van der Waals surface area contributed by atoms with Gasteiger partial charge in [-0.15, -0.1) is 0 Å². The molecule has 1 saturated heterocycles. The van der Waals surface area contributed by atoms with E-state index in [2.05, 4.69) is 4.74 Å². The molecule has 0 amide bonds. The van der Waals surface area contributed by atoms with Gasteiger partial charge in [-0.25, -0.2) is 0 Å². The number of esters is 1. The number of carbonyl (C=O) groups excluding carboxylic acids is 1. The topological polar surface area (TPSA) is 70.3 Å². The van der Waals surface area contributed by atoms with E-state index in [4.69, 9.17) is 10.4 Å². The minimum atomic E-state index is -0.785. The zero-order valence-electron chi connectivity index (χ0n) is 5.28. The summed E-state index contributed by atoms with van der Waals surface area (Å²) in [6.07, 6.45) is -1.29. The fourth-order valence-electron chi connectivity index (χ4n) is 0.865. The first-order chi connectivity index (χ1) is 4.74. The average molecular weight is 141 g/mol. The van der Waals surface area contributed by atoms with Crippen LogP contribution in [0.3, 0.4) is 0 Å². The first-order valence-electron chi connectivity index (χ1n) is 2.98. The minimum Gasteiger partial charge on any atom is -0.458 e. The van der Waals surface area contributed by atoms with Crippen LogP contribution in [0.5, 0.6) is 0 Å². The Balaban J connectivity index is 2.48. The van der Waals surface area contributed by atoms with Crippen molar-refractivity contribution in [1.82, 2.24) is 0 Å². The van der Waals surface area contributed by atoms with Gasteiger partial charge in [-0.3, -0.25) is 4.79 Å². The van der Waals surface area contributed by atoms with Crippen LogP contribution in [0.15, 0.2) is 0 Å². The van der Waals surface area contributed by atoms with Gasteiger partial charge in [0.1, 0.15) is 12.2 Å². The highest BCUT2D eigenvalue weighted by molar-refractivity contribution is 5.72. The van der Waals surface area contributed by atoms with Gasteiger partial charge in [-0.05, 0) is 0 Å². The molecule has 0 aliphatic carbocycles. The molecule has 0 radical (unpaired) electrons. The van der Waals surface area contributed by atoms with E-state index in [1.165, 1.54) is 0 Å². The van der Waals surface area contributed by atoms with Gasteiger partial charge in [0.2, 0.25) is 0 Å². The molecule has 54 valence electrons. The molecule has 1 fully saturated rings.